The van der Waals surface area contributed by atoms with Crippen LogP contribution in [0.2, 0.25) is 6.32 Å². The van der Waals surface area contributed by atoms with Crippen LogP contribution in [-0.2, 0) is 38.7 Å². The molecule has 2 heterocycles. The Kier molecular flexibility index (Phi) is 7.75. The Morgan fingerprint density at radius 3 is 2.28 bits per heavy atom. The van der Waals surface area contributed by atoms with Crippen LogP contribution < -0.4 is 16.2 Å². The van der Waals surface area contributed by atoms with E-state index in [0.29, 0.717) is 12.8 Å². The van der Waals surface area contributed by atoms with Gasteiger partial charge in [0.25, 0.3) is 10.2 Å². The zero-order valence-corrected chi connectivity index (χ0v) is 20.5. The van der Waals surface area contributed by atoms with Crippen molar-refractivity contribution in [2.24, 2.45) is 17.4 Å². The standard InChI is InChI=1S/C19H31BN4O11S/c1-11(17(21)4-5-17)23-36(32,33)24-9-12(19(22,10-24)15(29)30)3-2-6-20-34-16(31)18(35-20,7-13(25)26)8-14(27)28/h11-12,23H,2-10,21-22H2,1H3,(H,25,26)(H,27,28)(H,29,30)/t11?,12-,19-/m0/s1. The molecule has 15 nitrogen and oxygen atoms in total. The zero-order chi connectivity index (χ0) is 27.1. The summed E-state index contributed by atoms with van der Waals surface area (Å²) in [6, 6.07) is -0.551. The third-order valence-corrected chi connectivity index (χ3v) is 8.79. The number of nitrogens with zero attached hydrogens (tertiary/aromatic N) is 1. The molecule has 0 aromatic heterocycles. The topological polar surface area (TPSA) is 249 Å². The van der Waals surface area contributed by atoms with Gasteiger partial charge >= 0.3 is 31.0 Å². The van der Waals surface area contributed by atoms with Crippen molar-refractivity contribution < 1.29 is 52.2 Å². The number of carbonyl (C=O) groups excluding carboxylic acids is 1. The van der Waals surface area contributed by atoms with E-state index in [9.17, 15) is 32.7 Å². The minimum atomic E-state index is -4.07. The summed E-state index contributed by atoms with van der Waals surface area (Å²) in [6.07, 6.45) is -0.166. The molecule has 3 atom stereocenters. The van der Waals surface area contributed by atoms with Crippen molar-refractivity contribution >= 4 is 41.2 Å². The molecule has 1 aliphatic carbocycles. The number of hydrogen-bond acceptors (Lipinski definition) is 10. The fraction of sp³-hybridized carbons (Fsp3) is 0.789. The Morgan fingerprint density at radius 2 is 1.78 bits per heavy atom. The first-order chi connectivity index (χ1) is 16.5. The first kappa shape index (κ1) is 28.3. The van der Waals surface area contributed by atoms with Gasteiger partial charge in [0, 0.05) is 30.6 Å². The van der Waals surface area contributed by atoms with Crippen LogP contribution in [-0.4, -0.2) is 94.8 Å². The quantitative estimate of drug-likeness (QED) is 0.139. The van der Waals surface area contributed by atoms with E-state index in [1.165, 1.54) is 0 Å². The maximum Gasteiger partial charge on any atom is 0.528 e. The van der Waals surface area contributed by atoms with Gasteiger partial charge in [-0.2, -0.15) is 17.4 Å². The molecule has 3 fully saturated rings. The molecule has 17 heteroatoms. The Bertz CT molecular complexity index is 1020. The van der Waals surface area contributed by atoms with Gasteiger partial charge in [-0.3, -0.25) is 19.2 Å². The van der Waals surface area contributed by atoms with E-state index in [1.54, 1.807) is 6.92 Å². The van der Waals surface area contributed by atoms with E-state index in [-0.39, 0.29) is 25.7 Å². The minimum Gasteiger partial charge on any atom is -0.507 e. The van der Waals surface area contributed by atoms with Crippen molar-refractivity contribution in [2.75, 3.05) is 13.1 Å². The highest BCUT2D eigenvalue weighted by molar-refractivity contribution is 7.87. The molecule has 2 saturated heterocycles. The smallest absolute Gasteiger partial charge is 0.507 e. The summed E-state index contributed by atoms with van der Waals surface area (Å²) in [5.41, 5.74) is 7.51. The summed E-state index contributed by atoms with van der Waals surface area (Å²) in [5, 5.41) is 27.9. The molecule has 0 radical (unpaired) electrons. The maximum absolute atomic E-state index is 12.9. The largest absolute Gasteiger partial charge is 0.528 e. The van der Waals surface area contributed by atoms with Crippen LogP contribution in [0.15, 0.2) is 0 Å². The molecule has 0 bridgehead atoms. The van der Waals surface area contributed by atoms with Gasteiger partial charge in [0.05, 0.1) is 12.8 Å². The van der Waals surface area contributed by atoms with E-state index in [1.807, 2.05) is 0 Å². The highest BCUT2D eigenvalue weighted by atomic mass is 32.2. The molecule has 0 spiro atoms. The van der Waals surface area contributed by atoms with Crippen LogP contribution in [0, 0.1) is 5.92 Å². The lowest BCUT2D eigenvalue weighted by atomic mass is 9.78. The molecular formula is C19H31BN4O11S. The van der Waals surface area contributed by atoms with Gasteiger partial charge in [-0.05, 0) is 32.5 Å². The number of nitrogens with one attached hydrogen (secondary N) is 1. The average Bonchev–Trinajstić information content (AvgIpc) is 3.29. The number of rotatable bonds is 13. The Labute approximate surface area is 207 Å². The first-order valence-corrected chi connectivity index (χ1v) is 12.9. The monoisotopic (exact) mass is 534 g/mol. The predicted molar refractivity (Wildman–Crippen MR) is 121 cm³/mol. The Hall–Kier alpha value is -2.31. The number of nitrogens with two attached hydrogens (primary N) is 2. The molecular weight excluding hydrogens is 503 g/mol. The second-order valence-corrected chi connectivity index (χ2v) is 11.6. The van der Waals surface area contributed by atoms with Crippen LogP contribution in [0.4, 0.5) is 0 Å². The van der Waals surface area contributed by atoms with Crippen LogP contribution in [0.25, 0.3) is 0 Å². The van der Waals surface area contributed by atoms with Crippen LogP contribution in [0.3, 0.4) is 0 Å². The predicted octanol–water partition coefficient (Wildman–Crippen LogP) is -2.06. The number of aliphatic carboxylic acids is 3. The van der Waals surface area contributed by atoms with E-state index in [2.05, 4.69) is 4.72 Å². The van der Waals surface area contributed by atoms with Gasteiger partial charge in [0.15, 0.2) is 5.60 Å². The summed E-state index contributed by atoms with van der Waals surface area (Å²) in [5.74, 6) is -6.17. The third-order valence-electron chi connectivity index (χ3n) is 7.18. The Balaban J connectivity index is 1.62. The number of carboxylic acids is 3. The lowest BCUT2D eigenvalue weighted by Gasteiger charge is -2.26. The van der Waals surface area contributed by atoms with Crippen molar-refractivity contribution in [1.82, 2.24) is 9.03 Å². The second kappa shape index (κ2) is 9.87. The summed E-state index contributed by atoms with van der Waals surface area (Å²) >= 11 is 0. The van der Waals surface area contributed by atoms with Gasteiger partial charge in [0.1, 0.15) is 5.54 Å². The van der Waals surface area contributed by atoms with Gasteiger partial charge in [0.2, 0.25) is 0 Å². The Morgan fingerprint density at radius 1 is 1.19 bits per heavy atom. The van der Waals surface area contributed by atoms with E-state index in [0.717, 1.165) is 4.31 Å². The van der Waals surface area contributed by atoms with E-state index >= 15 is 0 Å². The molecule has 202 valence electrons. The zero-order valence-electron chi connectivity index (χ0n) is 19.7. The number of carboxylic acid groups (broad SMARTS) is 3. The minimum absolute atomic E-state index is 0.00332. The van der Waals surface area contributed by atoms with Crippen LogP contribution >= 0.6 is 0 Å². The summed E-state index contributed by atoms with van der Waals surface area (Å²) in [4.78, 5) is 46.5. The molecule has 1 saturated carbocycles. The second-order valence-electron chi connectivity index (χ2n) is 9.93. The highest BCUT2D eigenvalue weighted by Crippen LogP contribution is 2.37. The molecule has 3 aliphatic rings. The molecule has 0 aromatic rings. The molecule has 8 N–H and O–H groups in total. The lowest BCUT2D eigenvalue weighted by Crippen LogP contribution is -2.56. The van der Waals surface area contributed by atoms with Gasteiger partial charge in [-0.25, -0.2) is 0 Å². The van der Waals surface area contributed by atoms with Crippen molar-refractivity contribution in [3.05, 3.63) is 0 Å². The van der Waals surface area contributed by atoms with Crippen LogP contribution in [0.5, 0.6) is 0 Å². The van der Waals surface area contributed by atoms with Crippen molar-refractivity contribution in [3.63, 3.8) is 0 Å². The summed E-state index contributed by atoms with van der Waals surface area (Å²) in [7, 11) is -5.31. The fourth-order valence-corrected chi connectivity index (χ4v) is 6.23. The average molecular weight is 534 g/mol. The van der Waals surface area contributed by atoms with E-state index in [4.69, 9.17) is 31.0 Å². The molecule has 36 heavy (non-hydrogen) atoms. The van der Waals surface area contributed by atoms with Crippen molar-refractivity contribution in [1.29, 1.82) is 0 Å². The normalized spacial score (nSPS) is 28.0. The van der Waals surface area contributed by atoms with Gasteiger partial charge < -0.3 is 36.1 Å². The molecule has 3 rings (SSSR count). The number of carbonyl (C=O) groups is 4. The highest BCUT2D eigenvalue weighted by Gasteiger charge is 2.56. The van der Waals surface area contributed by atoms with Crippen molar-refractivity contribution in [2.45, 2.75) is 74.5 Å². The lowest BCUT2D eigenvalue weighted by molar-refractivity contribution is -0.157. The third kappa shape index (κ3) is 5.81. The van der Waals surface area contributed by atoms with E-state index < -0.39 is 89.2 Å². The van der Waals surface area contributed by atoms with Crippen molar-refractivity contribution in [3.8, 4) is 0 Å². The SMILES string of the molecule is CC(NS(=O)(=O)N1C[C@H](CCCB2OC(=O)C(CC(=O)O)(CC(=O)O)O2)[C@](N)(C(=O)O)C1)C1(N)CC1. The van der Waals surface area contributed by atoms with Gasteiger partial charge in [-0.1, -0.05) is 6.42 Å². The molecule has 0 aromatic carbocycles. The summed E-state index contributed by atoms with van der Waals surface area (Å²) in [6.45, 7) is 1.01. The maximum atomic E-state index is 12.9. The summed E-state index contributed by atoms with van der Waals surface area (Å²) < 4.78 is 39.7. The molecule has 2 aliphatic heterocycles. The first-order valence-electron chi connectivity index (χ1n) is 11.4. The molecule has 0 amide bonds. The fourth-order valence-electron chi connectivity index (χ4n) is 4.64. The molecule has 1 unspecified atom stereocenters. The van der Waals surface area contributed by atoms with Crippen LogP contribution in [0.1, 0.15) is 45.4 Å². The number of hydrogen-bond donors (Lipinski definition) is 6. The van der Waals surface area contributed by atoms with Gasteiger partial charge in [-0.15, -0.1) is 0 Å².